The zero-order valence-corrected chi connectivity index (χ0v) is 15.7. The second-order valence-electron chi connectivity index (χ2n) is 6.48. The number of hydrogen-bond donors (Lipinski definition) is 0. The van der Waals surface area contributed by atoms with Gasteiger partial charge in [-0.2, -0.15) is 11.8 Å². The van der Waals surface area contributed by atoms with Crippen molar-refractivity contribution in [2.75, 3.05) is 12.3 Å². The molecule has 0 N–H and O–H groups in total. The molecule has 1 unspecified atom stereocenters. The summed E-state index contributed by atoms with van der Waals surface area (Å²) in [6.45, 7) is 3.00. The normalized spacial score (nSPS) is 18.0. The maximum Gasteiger partial charge on any atom is 0.254 e. The van der Waals surface area contributed by atoms with Gasteiger partial charge in [-0.15, -0.1) is 0 Å². The molecule has 1 aromatic carbocycles. The standard InChI is InChI=1S/C21H26N2OS/c1-2-25-16-17-7-9-19(10-8-17)21(24)23-15-5-3-4-6-20(23)18-11-13-22-14-12-18/h7-14,20H,2-6,15-16H2,1H3. The first-order valence-corrected chi connectivity index (χ1v) is 10.3. The van der Waals surface area contributed by atoms with Crippen molar-refractivity contribution >= 4 is 17.7 Å². The predicted octanol–water partition coefficient (Wildman–Crippen LogP) is 5.09. The van der Waals surface area contributed by atoms with Gasteiger partial charge in [-0.3, -0.25) is 9.78 Å². The van der Waals surface area contributed by atoms with Crippen molar-refractivity contribution in [2.45, 2.75) is 44.4 Å². The highest BCUT2D eigenvalue weighted by atomic mass is 32.2. The number of nitrogens with zero attached hydrogens (tertiary/aromatic N) is 2. The van der Waals surface area contributed by atoms with Crippen molar-refractivity contribution in [1.29, 1.82) is 0 Å². The lowest BCUT2D eigenvalue weighted by Gasteiger charge is -2.30. The first-order valence-electron chi connectivity index (χ1n) is 9.17. The zero-order valence-electron chi connectivity index (χ0n) is 14.9. The Morgan fingerprint density at radius 2 is 1.88 bits per heavy atom. The quantitative estimate of drug-likeness (QED) is 0.749. The largest absolute Gasteiger partial charge is 0.332 e. The lowest BCUT2D eigenvalue weighted by molar-refractivity contribution is 0.0681. The monoisotopic (exact) mass is 354 g/mol. The fourth-order valence-corrected chi connectivity index (χ4v) is 4.05. The van der Waals surface area contributed by atoms with Gasteiger partial charge in [0.2, 0.25) is 0 Å². The van der Waals surface area contributed by atoms with Gasteiger partial charge in [0.1, 0.15) is 0 Å². The number of aromatic nitrogens is 1. The highest BCUT2D eigenvalue weighted by Crippen LogP contribution is 2.31. The van der Waals surface area contributed by atoms with Crippen LogP contribution >= 0.6 is 11.8 Å². The Balaban J connectivity index is 1.80. The van der Waals surface area contributed by atoms with Crippen molar-refractivity contribution in [3.63, 3.8) is 0 Å². The third-order valence-corrected chi connectivity index (χ3v) is 5.72. The molecule has 3 nitrogen and oxygen atoms in total. The molecule has 1 atom stereocenters. The van der Waals surface area contributed by atoms with E-state index in [4.69, 9.17) is 0 Å². The summed E-state index contributed by atoms with van der Waals surface area (Å²) >= 11 is 1.90. The van der Waals surface area contributed by atoms with E-state index in [1.54, 1.807) is 0 Å². The number of carbonyl (C=O) groups is 1. The van der Waals surface area contributed by atoms with Crippen LogP contribution in [0.2, 0.25) is 0 Å². The van der Waals surface area contributed by atoms with Gasteiger partial charge in [0, 0.05) is 30.3 Å². The molecular weight excluding hydrogens is 328 g/mol. The average molecular weight is 355 g/mol. The molecule has 2 heterocycles. The molecule has 1 saturated heterocycles. The van der Waals surface area contributed by atoms with Gasteiger partial charge >= 0.3 is 0 Å². The van der Waals surface area contributed by atoms with E-state index >= 15 is 0 Å². The van der Waals surface area contributed by atoms with Crippen LogP contribution < -0.4 is 0 Å². The maximum absolute atomic E-state index is 13.2. The van der Waals surface area contributed by atoms with Gasteiger partial charge in [-0.25, -0.2) is 0 Å². The lowest BCUT2D eigenvalue weighted by atomic mass is 10.0. The van der Waals surface area contributed by atoms with Crippen molar-refractivity contribution in [3.8, 4) is 0 Å². The summed E-state index contributed by atoms with van der Waals surface area (Å²) in [7, 11) is 0. The van der Waals surface area contributed by atoms with Crippen LogP contribution in [-0.2, 0) is 5.75 Å². The van der Waals surface area contributed by atoms with Crippen LogP contribution in [0, 0.1) is 0 Å². The van der Waals surface area contributed by atoms with Crippen LogP contribution in [0.25, 0.3) is 0 Å². The van der Waals surface area contributed by atoms with E-state index in [-0.39, 0.29) is 11.9 Å². The smallest absolute Gasteiger partial charge is 0.254 e. The second-order valence-corrected chi connectivity index (χ2v) is 7.75. The predicted molar refractivity (Wildman–Crippen MR) is 105 cm³/mol. The Bertz CT molecular complexity index is 672. The molecule has 3 rings (SSSR count). The molecule has 0 aliphatic carbocycles. The lowest BCUT2D eigenvalue weighted by Crippen LogP contribution is -2.34. The maximum atomic E-state index is 13.2. The van der Waals surface area contributed by atoms with E-state index in [1.165, 1.54) is 24.0 Å². The number of likely N-dealkylation sites (tertiary alicyclic amines) is 1. The van der Waals surface area contributed by atoms with Gasteiger partial charge in [-0.05, 0) is 54.0 Å². The zero-order chi connectivity index (χ0) is 17.5. The first kappa shape index (κ1) is 18.0. The highest BCUT2D eigenvalue weighted by Gasteiger charge is 2.27. The van der Waals surface area contributed by atoms with Crippen molar-refractivity contribution in [2.24, 2.45) is 0 Å². The van der Waals surface area contributed by atoms with Gasteiger partial charge in [0.25, 0.3) is 5.91 Å². The Kier molecular flexibility index (Phi) is 6.51. The third-order valence-electron chi connectivity index (χ3n) is 4.78. The van der Waals surface area contributed by atoms with Gasteiger partial charge in [0.05, 0.1) is 6.04 Å². The molecule has 0 radical (unpaired) electrons. The van der Waals surface area contributed by atoms with E-state index in [0.717, 1.165) is 36.5 Å². The van der Waals surface area contributed by atoms with E-state index in [9.17, 15) is 4.79 Å². The number of amides is 1. The fourth-order valence-electron chi connectivity index (χ4n) is 3.41. The van der Waals surface area contributed by atoms with Crippen molar-refractivity contribution in [1.82, 2.24) is 9.88 Å². The molecule has 1 aromatic heterocycles. The van der Waals surface area contributed by atoms with Crippen LogP contribution in [0.4, 0.5) is 0 Å². The fraction of sp³-hybridized carbons (Fsp3) is 0.429. The number of hydrogen-bond acceptors (Lipinski definition) is 3. The summed E-state index contributed by atoms with van der Waals surface area (Å²) < 4.78 is 0. The van der Waals surface area contributed by atoms with Crippen LogP contribution in [-0.4, -0.2) is 28.1 Å². The summed E-state index contributed by atoms with van der Waals surface area (Å²) in [5, 5.41) is 0. The number of thioether (sulfide) groups is 1. The van der Waals surface area contributed by atoms with E-state index in [1.807, 2.05) is 48.4 Å². The SMILES string of the molecule is CCSCc1ccc(C(=O)N2CCCCCC2c2ccncc2)cc1. The molecular formula is C21H26N2OS. The molecule has 0 spiro atoms. The summed E-state index contributed by atoms with van der Waals surface area (Å²) in [5.74, 6) is 2.27. The van der Waals surface area contributed by atoms with Gasteiger partial charge in [-0.1, -0.05) is 31.9 Å². The van der Waals surface area contributed by atoms with E-state index in [0.29, 0.717) is 0 Å². The van der Waals surface area contributed by atoms with Gasteiger partial charge in [0.15, 0.2) is 0 Å². The van der Waals surface area contributed by atoms with E-state index < -0.39 is 0 Å². The summed E-state index contributed by atoms with van der Waals surface area (Å²) in [5.41, 5.74) is 3.28. The topological polar surface area (TPSA) is 33.2 Å². The molecule has 2 aromatic rings. The molecule has 1 fully saturated rings. The Hall–Kier alpha value is -1.81. The van der Waals surface area contributed by atoms with Crippen LogP contribution in [0.5, 0.6) is 0 Å². The number of benzene rings is 1. The van der Waals surface area contributed by atoms with E-state index in [2.05, 4.69) is 28.9 Å². The van der Waals surface area contributed by atoms with Crippen molar-refractivity contribution < 1.29 is 4.79 Å². The molecule has 4 heteroatoms. The van der Waals surface area contributed by atoms with Gasteiger partial charge < -0.3 is 4.90 Å². The molecule has 1 aliphatic rings. The molecule has 1 amide bonds. The summed E-state index contributed by atoms with van der Waals surface area (Å²) in [6, 6.07) is 12.4. The molecule has 132 valence electrons. The minimum atomic E-state index is 0.151. The van der Waals surface area contributed by atoms with Crippen LogP contribution in [0.15, 0.2) is 48.8 Å². The number of rotatable bonds is 5. The molecule has 1 aliphatic heterocycles. The first-order chi connectivity index (χ1) is 12.3. The summed E-state index contributed by atoms with van der Waals surface area (Å²) in [4.78, 5) is 19.4. The molecule has 0 saturated carbocycles. The average Bonchev–Trinajstić information content (AvgIpc) is 2.93. The Morgan fingerprint density at radius 3 is 2.60 bits per heavy atom. The minimum Gasteiger partial charge on any atom is -0.332 e. The number of carbonyl (C=O) groups excluding carboxylic acids is 1. The Labute approximate surface area is 154 Å². The third kappa shape index (κ3) is 4.63. The van der Waals surface area contributed by atoms with Crippen molar-refractivity contribution in [3.05, 3.63) is 65.5 Å². The Morgan fingerprint density at radius 1 is 1.12 bits per heavy atom. The van der Waals surface area contributed by atoms with Crippen LogP contribution in [0.1, 0.15) is 60.1 Å². The minimum absolute atomic E-state index is 0.151. The molecule has 25 heavy (non-hydrogen) atoms. The molecule has 0 bridgehead atoms. The van der Waals surface area contributed by atoms with Crippen LogP contribution in [0.3, 0.4) is 0 Å². The summed E-state index contributed by atoms with van der Waals surface area (Å²) in [6.07, 6.45) is 8.12. The highest BCUT2D eigenvalue weighted by molar-refractivity contribution is 7.98. The second kappa shape index (κ2) is 9.04. The number of pyridine rings is 1.